The summed E-state index contributed by atoms with van der Waals surface area (Å²) in [6.07, 6.45) is 6.84. The molecule has 0 saturated heterocycles. The average Bonchev–Trinajstić information content (AvgIpc) is 2.50. The van der Waals surface area contributed by atoms with Crippen LogP contribution in [0.15, 0.2) is 4.99 Å². The van der Waals surface area contributed by atoms with E-state index < -0.39 is 10.0 Å². The Morgan fingerprint density at radius 3 is 2.44 bits per heavy atom. The molecule has 7 nitrogen and oxygen atoms in total. The molecule has 0 aliphatic heterocycles. The Balaban J connectivity index is 0.00000576. The Kier molecular flexibility index (Phi) is 12.2. The monoisotopic (exact) mass is 490 g/mol. The van der Waals surface area contributed by atoms with Gasteiger partial charge >= 0.3 is 0 Å². The number of sulfonamides is 1. The standard InChI is InChI=1S/C16H34N4O3S.HI/c1-5-20(24(4,21)22)12-7-11-18-15(17-2)19-14-16(8-6-9-16)10-13-23-3;/h5-14H2,1-4H3,(H2,17,18,19);1H. The predicted molar refractivity (Wildman–Crippen MR) is 114 cm³/mol. The number of nitrogens with one attached hydrogen (secondary N) is 2. The first-order valence-corrected chi connectivity index (χ1v) is 10.6. The van der Waals surface area contributed by atoms with Crippen molar-refractivity contribution in [2.24, 2.45) is 10.4 Å². The molecule has 0 aromatic heterocycles. The molecule has 0 heterocycles. The Morgan fingerprint density at radius 1 is 1.32 bits per heavy atom. The van der Waals surface area contributed by atoms with E-state index in [1.807, 2.05) is 6.92 Å². The van der Waals surface area contributed by atoms with E-state index in [0.717, 1.165) is 32.0 Å². The minimum atomic E-state index is -3.11. The van der Waals surface area contributed by atoms with E-state index in [0.29, 0.717) is 25.0 Å². The normalized spacial score (nSPS) is 16.9. The van der Waals surface area contributed by atoms with E-state index in [1.165, 1.54) is 29.8 Å². The molecule has 1 aliphatic rings. The molecule has 2 N–H and O–H groups in total. The van der Waals surface area contributed by atoms with Crippen molar-refractivity contribution >= 4 is 40.0 Å². The number of ether oxygens (including phenoxy) is 1. The second kappa shape index (κ2) is 12.3. The van der Waals surface area contributed by atoms with Crippen molar-refractivity contribution in [2.45, 2.75) is 39.0 Å². The number of nitrogens with zero attached hydrogens (tertiary/aromatic N) is 2. The topological polar surface area (TPSA) is 83.0 Å². The first kappa shape index (κ1) is 24.9. The highest BCUT2D eigenvalue weighted by atomic mass is 127. The molecule has 0 amide bonds. The molecule has 0 aromatic rings. The molecule has 0 atom stereocenters. The van der Waals surface area contributed by atoms with Gasteiger partial charge in [-0.25, -0.2) is 12.7 Å². The van der Waals surface area contributed by atoms with Crippen molar-refractivity contribution in [1.82, 2.24) is 14.9 Å². The summed E-state index contributed by atoms with van der Waals surface area (Å²) in [6.45, 7) is 5.28. The highest BCUT2D eigenvalue weighted by Crippen LogP contribution is 2.43. The van der Waals surface area contributed by atoms with Crippen LogP contribution in [0, 0.1) is 5.41 Å². The molecule has 1 saturated carbocycles. The van der Waals surface area contributed by atoms with Gasteiger partial charge in [0.15, 0.2) is 5.96 Å². The maximum Gasteiger partial charge on any atom is 0.211 e. The summed E-state index contributed by atoms with van der Waals surface area (Å²) < 4.78 is 29.8. The zero-order chi connectivity index (χ0) is 18.1. The molecule has 25 heavy (non-hydrogen) atoms. The van der Waals surface area contributed by atoms with Crippen LogP contribution in [-0.4, -0.2) is 71.9 Å². The van der Waals surface area contributed by atoms with E-state index in [4.69, 9.17) is 4.74 Å². The van der Waals surface area contributed by atoms with Crippen LogP contribution in [0.25, 0.3) is 0 Å². The molecule has 0 aromatic carbocycles. The van der Waals surface area contributed by atoms with E-state index >= 15 is 0 Å². The Bertz CT molecular complexity index is 496. The van der Waals surface area contributed by atoms with Crippen molar-refractivity contribution in [1.29, 1.82) is 0 Å². The van der Waals surface area contributed by atoms with Gasteiger partial charge in [0.25, 0.3) is 0 Å². The minimum absolute atomic E-state index is 0. The van der Waals surface area contributed by atoms with Crippen molar-refractivity contribution in [3.05, 3.63) is 0 Å². The number of methoxy groups -OCH3 is 1. The molecular weight excluding hydrogens is 455 g/mol. The maximum absolute atomic E-state index is 11.5. The van der Waals surface area contributed by atoms with E-state index in [1.54, 1.807) is 14.2 Å². The minimum Gasteiger partial charge on any atom is -0.385 e. The van der Waals surface area contributed by atoms with Crippen LogP contribution in [-0.2, 0) is 14.8 Å². The lowest BCUT2D eigenvalue weighted by Crippen LogP contribution is -2.47. The van der Waals surface area contributed by atoms with Crippen LogP contribution in [0.2, 0.25) is 0 Å². The summed E-state index contributed by atoms with van der Waals surface area (Å²) in [5.41, 5.74) is 0.336. The van der Waals surface area contributed by atoms with E-state index in [-0.39, 0.29) is 24.0 Å². The van der Waals surface area contributed by atoms with Crippen molar-refractivity contribution < 1.29 is 13.2 Å². The third kappa shape index (κ3) is 8.87. The number of hydrogen-bond acceptors (Lipinski definition) is 4. The van der Waals surface area contributed by atoms with E-state index in [9.17, 15) is 8.42 Å². The maximum atomic E-state index is 11.5. The quantitative estimate of drug-likeness (QED) is 0.199. The third-order valence-electron chi connectivity index (χ3n) is 4.80. The van der Waals surface area contributed by atoms with Gasteiger partial charge < -0.3 is 15.4 Å². The molecule has 150 valence electrons. The number of hydrogen-bond donors (Lipinski definition) is 2. The lowest BCUT2D eigenvalue weighted by Gasteiger charge is -2.42. The van der Waals surface area contributed by atoms with Crippen LogP contribution < -0.4 is 10.6 Å². The van der Waals surface area contributed by atoms with Crippen LogP contribution in [0.1, 0.15) is 39.0 Å². The Morgan fingerprint density at radius 2 is 2.00 bits per heavy atom. The van der Waals surface area contributed by atoms with Crippen molar-refractivity contribution in [2.75, 3.05) is 53.2 Å². The van der Waals surface area contributed by atoms with Crippen molar-refractivity contribution in [3.8, 4) is 0 Å². The van der Waals surface area contributed by atoms with Gasteiger partial charge in [0.1, 0.15) is 0 Å². The van der Waals surface area contributed by atoms with Gasteiger partial charge in [-0.2, -0.15) is 0 Å². The predicted octanol–water partition coefficient (Wildman–Crippen LogP) is 1.65. The lowest BCUT2D eigenvalue weighted by atomic mass is 9.67. The van der Waals surface area contributed by atoms with Gasteiger partial charge in [0.2, 0.25) is 10.0 Å². The highest BCUT2D eigenvalue weighted by Gasteiger charge is 2.36. The molecule has 1 fully saturated rings. The van der Waals surface area contributed by atoms with Crippen LogP contribution in [0.3, 0.4) is 0 Å². The molecule has 0 spiro atoms. The first-order valence-electron chi connectivity index (χ1n) is 8.75. The molecule has 9 heteroatoms. The summed E-state index contributed by atoms with van der Waals surface area (Å²) in [5, 5.41) is 6.67. The summed E-state index contributed by atoms with van der Waals surface area (Å²) in [5.74, 6) is 0.779. The van der Waals surface area contributed by atoms with Crippen LogP contribution in [0.4, 0.5) is 0 Å². The fourth-order valence-electron chi connectivity index (χ4n) is 3.02. The van der Waals surface area contributed by atoms with Gasteiger partial charge in [-0.15, -0.1) is 24.0 Å². The second-order valence-electron chi connectivity index (χ2n) is 6.56. The second-order valence-corrected chi connectivity index (χ2v) is 8.54. The summed E-state index contributed by atoms with van der Waals surface area (Å²) in [7, 11) is 0.395. The lowest BCUT2D eigenvalue weighted by molar-refractivity contribution is 0.0732. The number of rotatable bonds is 11. The zero-order valence-electron chi connectivity index (χ0n) is 16.0. The molecule has 1 aliphatic carbocycles. The number of guanidine groups is 1. The van der Waals surface area contributed by atoms with Gasteiger partial charge in [-0.1, -0.05) is 13.3 Å². The number of aliphatic imine (C=N–C) groups is 1. The van der Waals surface area contributed by atoms with Crippen molar-refractivity contribution in [3.63, 3.8) is 0 Å². The smallest absolute Gasteiger partial charge is 0.211 e. The van der Waals surface area contributed by atoms with Gasteiger partial charge in [0.05, 0.1) is 6.26 Å². The van der Waals surface area contributed by atoms with Gasteiger partial charge in [0, 0.05) is 46.9 Å². The fraction of sp³-hybridized carbons (Fsp3) is 0.938. The average molecular weight is 490 g/mol. The summed E-state index contributed by atoms with van der Waals surface area (Å²) >= 11 is 0. The molecule has 0 bridgehead atoms. The van der Waals surface area contributed by atoms with Gasteiger partial charge in [-0.05, 0) is 31.1 Å². The summed E-state index contributed by atoms with van der Waals surface area (Å²) in [4.78, 5) is 4.25. The van der Waals surface area contributed by atoms with E-state index in [2.05, 4.69) is 15.6 Å². The largest absolute Gasteiger partial charge is 0.385 e. The third-order valence-corrected chi connectivity index (χ3v) is 6.18. The molecule has 0 radical (unpaired) electrons. The fourth-order valence-corrected chi connectivity index (χ4v) is 3.95. The summed E-state index contributed by atoms with van der Waals surface area (Å²) in [6, 6.07) is 0. The number of halogens is 1. The Labute approximate surface area is 170 Å². The van der Waals surface area contributed by atoms with Gasteiger partial charge in [-0.3, -0.25) is 4.99 Å². The Hall–Kier alpha value is -0.130. The molecular formula is C16H35IN4O3S. The molecule has 0 unspecified atom stereocenters. The first-order chi connectivity index (χ1) is 11.4. The van der Waals surface area contributed by atoms with Crippen LogP contribution in [0.5, 0.6) is 0 Å². The highest BCUT2D eigenvalue weighted by molar-refractivity contribution is 14.0. The van der Waals surface area contributed by atoms with Crippen LogP contribution >= 0.6 is 24.0 Å². The zero-order valence-corrected chi connectivity index (χ0v) is 19.2. The SMILES string of the molecule is CCN(CCCNC(=NC)NCC1(CCOC)CCC1)S(C)(=O)=O.I. The molecule has 1 rings (SSSR count).